The third-order valence-corrected chi connectivity index (χ3v) is 6.64. The van der Waals surface area contributed by atoms with Crippen molar-refractivity contribution in [3.05, 3.63) is 70.4 Å². The fourth-order valence-corrected chi connectivity index (χ4v) is 4.34. The lowest BCUT2D eigenvalue weighted by Gasteiger charge is -2.24. The summed E-state index contributed by atoms with van der Waals surface area (Å²) in [6.07, 6.45) is -0.962. The Hall–Kier alpha value is -4.50. The minimum absolute atomic E-state index is 0.0391. The Balaban J connectivity index is 1.43. The van der Waals surface area contributed by atoms with Gasteiger partial charge in [0.15, 0.2) is 34.6 Å². The van der Waals surface area contributed by atoms with Crippen molar-refractivity contribution in [1.82, 2.24) is 15.4 Å². The summed E-state index contributed by atoms with van der Waals surface area (Å²) < 4.78 is 69.9. The molecule has 0 radical (unpaired) electrons. The Morgan fingerprint density at radius 3 is 2.49 bits per heavy atom. The van der Waals surface area contributed by atoms with Gasteiger partial charge in [-0.05, 0) is 12.1 Å². The van der Waals surface area contributed by atoms with Crippen molar-refractivity contribution in [2.24, 2.45) is 5.92 Å². The molecule has 3 aromatic rings. The van der Waals surface area contributed by atoms with Crippen LogP contribution in [0.4, 0.5) is 17.6 Å². The predicted octanol–water partition coefficient (Wildman–Crippen LogP) is 3.25. The van der Waals surface area contributed by atoms with E-state index in [-0.39, 0.29) is 43.8 Å². The smallest absolute Gasteiger partial charge is 0.305 e. The molecule has 1 aliphatic heterocycles. The first-order chi connectivity index (χ1) is 20.5. The molecule has 2 heterocycles. The van der Waals surface area contributed by atoms with Crippen LogP contribution in [0.5, 0.6) is 5.75 Å². The number of amides is 2. The number of ketones is 1. The van der Waals surface area contributed by atoms with Gasteiger partial charge in [0.2, 0.25) is 17.5 Å². The SMILES string of the molecule is O=C(O)CC(NC(=O)C1COCCN(C(=O)c2cc(-c3ccccc3Cl)on2)C1)C(=O)COc1c(F)c(F)cc(F)c1F. The maximum Gasteiger partial charge on any atom is 0.305 e. The number of carboxylic acids is 1. The minimum atomic E-state index is -1.91. The van der Waals surface area contributed by atoms with Crippen LogP contribution in [0.15, 0.2) is 40.9 Å². The largest absolute Gasteiger partial charge is 0.481 e. The van der Waals surface area contributed by atoms with Crippen LogP contribution in [-0.4, -0.2) is 77.7 Å². The van der Waals surface area contributed by atoms with Crippen LogP contribution >= 0.6 is 11.6 Å². The summed E-state index contributed by atoms with van der Waals surface area (Å²) in [7, 11) is 0. The number of hydrogen-bond acceptors (Lipinski definition) is 8. The zero-order valence-electron chi connectivity index (χ0n) is 22.0. The lowest BCUT2D eigenvalue weighted by atomic mass is 10.1. The summed E-state index contributed by atoms with van der Waals surface area (Å²) in [5.74, 6) is -13.9. The van der Waals surface area contributed by atoms with E-state index in [1.165, 1.54) is 11.0 Å². The fraction of sp³-hybridized carbons (Fsp3) is 0.296. The molecular formula is C27H22ClF4N3O8. The van der Waals surface area contributed by atoms with Crippen LogP contribution in [0.2, 0.25) is 5.02 Å². The molecule has 0 bridgehead atoms. The first-order valence-electron chi connectivity index (χ1n) is 12.6. The molecule has 1 fully saturated rings. The van der Waals surface area contributed by atoms with Crippen LogP contribution in [0.1, 0.15) is 16.9 Å². The normalized spacial score (nSPS) is 15.8. The summed E-state index contributed by atoms with van der Waals surface area (Å²) in [6.45, 7) is -1.56. The van der Waals surface area contributed by atoms with Gasteiger partial charge in [0.05, 0.1) is 30.6 Å². The van der Waals surface area contributed by atoms with Gasteiger partial charge in [0.25, 0.3) is 5.91 Å². The van der Waals surface area contributed by atoms with E-state index in [0.29, 0.717) is 10.6 Å². The molecular weight excluding hydrogens is 606 g/mol. The second-order valence-electron chi connectivity index (χ2n) is 9.29. The van der Waals surface area contributed by atoms with Crippen LogP contribution in [0.25, 0.3) is 11.3 Å². The zero-order chi connectivity index (χ0) is 31.3. The van der Waals surface area contributed by atoms with E-state index in [2.05, 4.69) is 15.2 Å². The Kier molecular flexibility index (Phi) is 9.98. The number of nitrogens with zero attached hydrogens (tertiary/aromatic N) is 2. The molecule has 1 aromatic heterocycles. The van der Waals surface area contributed by atoms with Crippen molar-refractivity contribution in [1.29, 1.82) is 0 Å². The number of halogens is 5. The number of aromatic nitrogens is 1. The van der Waals surface area contributed by atoms with Crippen molar-refractivity contribution in [3.8, 4) is 17.1 Å². The molecule has 11 nitrogen and oxygen atoms in total. The van der Waals surface area contributed by atoms with Crippen LogP contribution < -0.4 is 10.1 Å². The average Bonchev–Trinajstić information content (AvgIpc) is 3.32. The predicted molar refractivity (Wildman–Crippen MR) is 138 cm³/mol. The molecule has 2 N–H and O–H groups in total. The first kappa shape index (κ1) is 31.4. The molecule has 2 aromatic carbocycles. The number of hydrogen-bond donors (Lipinski definition) is 2. The van der Waals surface area contributed by atoms with Gasteiger partial charge in [-0.25, -0.2) is 8.78 Å². The van der Waals surface area contributed by atoms with E-state index in [9.17, 15) is 41.8 Å². The first-order valence-corrected chi connectivity index (χ1v) is 12.9. The van der Waals surface area contributed by atoms with Crippen LogP contribution in [0.3, 0.4) is 0 Å². The number of ether oxygens (including phenoxy) is 2. The van der Waals surface area contributed by atoms with E-state index in [4.69, 9.17) is 20.9 Å². The van der Waals surface area contributed by atoms with E-state index in [1.54, 1.807) is 24.3 Å². The second-order valence-corrected chi connectivity index (χ2v) is 9.70. The number of carboxylic acid groups (broad SMARTS) is 1. The highest BCUT2D eigenvalue weighted by molar-refractivity contribution is 6.33. The molecule has 0 saturated carbocycles. The summed E-state index contributed by atoms with van der Waals surface area (Å²) in [5, 5.41) is 15.6. The summed E-state index contributed by atoms with van der Waals surface area (Å²) >= 11 is 6.17. The van der Waals surface area contributed by atoms with Crippen molar-refractivity contribution in [3.63, 3.8) is 0 Å². The van der Waals surface area contributed by atoms with Gasteiger partial charge in [-0.1, -0.05) is 28.9 Å². The Morgan fingerprint density at radius 1 is 1.12 bits per heavy atom. The van der Waals surface area contributed by atoms with E-state index in [1.807, 2.05) is 0 Å². The quantitative estimate of drug-likeness (QED) is 0.255. The van der Waals surface area contributed by atoms with E-state index >= 15 is 0 Å². The Bertz CT molecular complexity index is 1530. The lowest BCUT2D eigenvalue weighted by Crippen LogP contribution is -2.49. The third kappa shape index (κ3) is 7.48. The maximum atomic E-state index is 13.9. The number of carbonyl (C=O) groups excluding carboxylic acids is 3. The van der Waals surface area contributed by atoms with Crippen molar-refractivity contribution < 1.29 is 55.8 Å². The Labute approximate surface area is 245 Å². The molecule has 0 spiro atoms. The summed E-state index contributed by atoms with van der Waals surface area (Å²) in [6, 6.07) is 6.27. The fourth-order valence-electron chi connectivity index (χ4n) is 4.11. The number of carbonyl (C=O) groups is 4. The average molecular weight is 628 g/mol. The van der Waals surface area contributed by atoms with E-state index < -0.39 is 77.6 Å². The molecule has 43 heavy (non-hydrogen) atoms. The highest BCUT2D eigenvalue weighted by Gasteiger charge is 2.33. The minimum Gasteiger partial charge on any atom is -0.481 e. The summed E-state index contributed by atoms with van der Waals surface area (Å²) in [5.41, 5.74) is 0.415. The number of benzene rings is 2. The molecule has 16 heteroatoms. The van der Waals surface area contributed by atoms with Crippen molar-refractivity contribution in [2.45, 2.75) is 12.5 Å². The molecule has 2 amide bonds. The number of rotatable bonds is 10. The van der Waals surface area contributed by atoms with E-state index in [0.717, 1.165) is 0 Å². The Morgan fingerprint density at radius 2 is 1.81 bits per heavy atom. The lowest BCUT2D eigenvalue weighted by molar-refractivity contribution is -0.141. The maximum absolute atomic E-state index is 13.9. The molecule has 0 aliphatic carbocycles. The molecule has 1 saturated heterocycles. The molecule has 1 aliphatic rings. The van der Waals surface area contributed by atoms with Crippen molar-refractivity contribution in [2.75, 3.05) is 32.9 Å². The monoisotopic (exact) mass is 627 g/mol. The van der Waals surface area contributed by atoms with Gasteiger partial charge >= 0.3 is 5.97 Å². The van der Waals surface area contributed by atoms with Crippen LogP contribution in [-0.2, 0) is 19.1 Å². The molecule has 2 atom stereocenters. The topological polar surface area (TPSA) is 148 Å². The van der Waals surface area contributed by atoms with Crippen molar-refractivity contribution >= 4 is 35.2 Å². The van der Waals surface area contributed by atoms with Gasteiger partial charge in [-0.2, -0.15) is 8.78 Å². The second kappa shape index (κ2) is 13.6. The molecule has 2 unspecified atom stereocenters. The van der Waals surface area contributed by atoms with Gasteiger partial charge in [-0.15, -0.1) is 0 Å². The van der Waals surface area contributed by atoms with Gasteiger partial charge in [0, 0.05) is 30.8 Å². The highest BCUT2D eigenvalue weighted by Crippen LogP contribution is 2.29. The summed E-state index contributed by atoms with van der Waals surface area (Å²) in [4.78, 5) is 51.5. The van der Waals surface area contributed by atoms with Crippen LogP contribution in [0, 0.1) is 29.2 Å². The third-order valence-electron chi connectivity index (χ3n) is 6.31. The van der Waals surface area contributed by atoms with Gasteiger partial charge in [0.1, 0.15) is 12.6 Å². The highest BCUT2D eigenvalue weighted by atomic mass is 35.5. The van der Waals surface area contributed by atoms with Gasteiger partial charge < -0.3 is 29.3 Å². The number of nitrogens with one attached hydrogen (secondary N) is 1. The number of Topliss-reactive ketones (excluding diaryl/α,β-unsaturated/α-hetero) is 1. The molecule has 228 valence electrons. The standard InChI is InChI=1S/C27H22ClF4N3O8/c28-15-4-2-1-3-14(15)21-8-19(34-43-21)27(40)35-5-6-41-11-13(10-35)26(39)33-18(9-22(37)38)20(36)12-42-25-23(31)16(29)7-17(30)24(25)32/h1-4,7-8,13,18H,5-6,9-12H2,(H,33,39)(H,37,38). The number of aliphatic carboxylic acids is 1. The molecule has 4 rings (SSSR count). The van der Waals surface area contributed by atoms with Gasteiger partial charge in [-0.3, -0.25) is 19.2 Å². The zero-order valence-corrected chi connectivity index (χ0v) is 22.7.